The number of hydrogen-bond donors (Lipinski definition) is 2. The fourth-order valence-corrected chi connectivity index (χ4v) is 8.02. The number of nitrogens with zero attached hydrogens (tertiary/aromatic N) is 4. The van der Waals surface area contributed by atoms with E-state index >= 15 is 4.39 Å². The minimum atomic E-state index is -4.12. The number of azide groups is 1. The first-order chi connectivity index (χ1) is 25.6. The summed E-state index contributed by atoms with van der Waals surface area (Å²) in [5.41, 5.74) is 9.81. The Bertz CT molecular complexity index is 1860. The topological polar surface area (TPSA) is 171 Å². The second kappa shape index (κ2) is 19.3. The van der Waals surface area contributed by atoms with Gasteiger partial charge in [-0.25, -0.2) is 26.7 Å². The Kier molecular flexibility index (Phi) is 15.1. The molecule has 1 saturated heterocycles. The van der Waals surface area contributed by atoms with Crippen molar-refractivity contribution in [2.75, 3.05) is 26.3 Å². The van der Waals surface area contributed by atoms with Crippen molar-refractivity contribution < 1.29 is 41.4 Å². The lowest BCUT2D eigenvalue weighted by atomic mass is 9.75. The van der Waals surface area contributed by atoms with Crippen LogP contribution in [0.2, 0.25) is 0 Å². The average Bonchev–Trinajstić information content (AvgIpc) is 3.11. The molecule has 3 aromatic carbocycles. The number of carbonyl (C=O) groups is 2. The zero-order chi connectivity index (χ0) is 39.5. The molecule has 1 heterocycles. The van der Waals surface area contributed by atoms with Crippen molar-refractivity contribution in [1.82, 2.24) is 9.62 Å². The third-order valence-corrected chi connectivity index (χ3v) is 10.7. The van der Waals surface area contributed by atoms with E-state index in [1.54, 1.807) is 57.2 Å². The maximum absolute atomic E-state index is 15.7. The van der Waals surface area contributed by atoms with Gasteiger partial charge in [-0.15, -0.1) is 0 Å². The molecule has 0 unspecified atom stereocenters. The number of aliphatic hydroxyl groups excluding tert-OH is 1. The van der Waals surface area contributed by atoms with E-state index in [0.717, 1.165) is 0 Å². The van der Waals surface area contributed by atoms with E-state index in [2.05, 4.69) is 14.7 Å². The van der Waals surface area contributed by atoms with Gasteiger partial charge in [-0.1, -0.05) is 47.6 Å². The summed E-state index contributed by atoms with van der Waals surface area (Å²) in [6.07, 6.45) is -0.939. The van der Waals surface area contributed by atoms with Crippen LogP contribution in [0.4, 0.5) is 13.6 Å². The van der Waals surface area contributed by atoms with Gasteiger partial charge >= 0.3 is 6.09 Å². The fraction of sp³-hybridized carbons (Fsp3) is 0.487. The van der Waals surface area contributed by atoms with Gasteiger partial charge in [0.15, 0.2) is 0 Å². The first-order valence-electron chi connectivity index (χ1n) is 18.0. The number of nitrogens with one attached hydrogen (secondary N) is 1. The Morgan fingerprint density at radius 1 is 1.04 bits per heavy atom. The molecule has 1 amide bonds. The minimum Gasteiger partial charge on any atom is -0.444 e. The second-order valence-electron chi connectivity index (χ2n) is 14.6. The van der Waals surface area contributed by atoms with Crippen molar-refractivity contribution >= 4 is 21.9 Å². The second-order valence-corrected chi connectivity index (χ2v) is 16.3. The van der Waals surface area contributed by atoms with Crippen molar-refractivity contribution in [3.63, 3.8) is 0 Å². The van der Waals surface area contributed by atoms with Gasteiger partial charge in [0.05, 0.1) is 11.0 Å². The molecule has 0 saturated carbocycles. The lowest BCUT2D eigenvalue weighted by Gasteiger charge is -2.34. The lowest BCUT2D eigenvalue weighted by molar-refractivity contribution is -0.120. The summed E-state index contributed by atoms with van der Waals surface area (Å²) in [7, 11) is -4.12. The Morgan fingerprint density at radius 2 is 1.70 bits per heavy atom. The predicted molar refractivity (Wildman–Crippen MR) is 199 cm³/mol. The Morgan fingerprint density at radius 3 is 2.31 bits per heavy atom. The van der Waals surface area contributed by atoms with Crippen molar-refractivity contribution in [1.29, 1.82) is 0 Å². The van der Waals surface area contributed by atoms with Crippen LogP contribution < -0.4 is 4.72 Å². The number of carbonyl (C=O) groups excluding carboxylic acids is 2. The molecule has 1 aliphatic rings. The Hall–Kier alpha value is -4.40. The van der Waals surface area contributed by atoms with Gasteiger partial charge < -0.3 is 19.5 Å². The summed E-state index contributed by atoms with van der Waals surface area (Å²) in [6.45, 7) is 7.03. The predicted octanol–water partition coefficient (Wildman–Crippen LogP) is 6.86. The van der Waals surface area contributed by atoms with Crippen LogP contribution in [0.25, 0.3) is 10.4 Å². The number of Topliss-reactive ketones (excluding diaryl/α,β-unsaturated/α-hetero) is 1. The average molecular weight is 770 g/mol. The summed E-state index contributed by atoms with van der Waals surface area (Å²) >= 11 is 0. The van der Waals surface area contributed by atoms with Crippen molar-refractivity contribution in [3.8, 4) is 0 Å². The van der Waals surface area contributed by atoms with Crippen LogP contribution in [-0.4, -0.2) is 80.4 Å². The first kappa shape index (κ1) is 42.3. The molecule has 292 valence electrons. The molecule has 4 rings (SSSR count). The van der Waals surface area contributed by atoms with E-state index in [1.165, 1.54) is 48.2 Å². The maximum atomic E-state index is 15.7. The van der Waals surface area contributed by atoms with E-state index in [1.807, 2.05) is 0 Å². The highest BCUT2D eigenvalue weighted by Crippen LogP contribution is 2.37. The van der Waals surface area contributed by atoms with Gasteiger partial charge in [0, 0.05) is 49.6 Å². The number of aliphatic hydroxyl groups is 1. The third-order valence-electron chi connectivity index (χ3n) is 9.15. The monoisotopic (exact) mass is 769 g/mol. The summed E-state index contributed by atoms with van der Waals surface area (Å²) in [6, 6.07) is 15.5. The van der Waals surface area contributed by atoms with E-state index in [4.69, 9.17) is 9.47 Å². The first-order valence-corrected chi connectivity index (χ1v) is 19.5. The highest BCUT2D eigenvalue weighted by atomic mass is 32.2. The highest BCUT2D eigenvalue weighted by Gasteiger charge is 2.36. The summed E-state index contributed by atoms with van der Waals surface area (Å²) < 4.78 is 70.4. The van der Waals surface area contributed by atoms with Crippen LogP contribution >= 0.6 is 0 Å². The SMILES string of the molecule is C[C@@H](O)CN(C[C@H](CCc1c(F)cccc1CC(=O)[C@@H](N=[N+]=[N-])[C@@H](c1ccc(F)cc1)C1CCOCC1)NS(=O)(=O)c1ccccc1)C(=O)OC(C)(C)C. The van der Waals surface area contributed by atoms with Gasteiger partial charge in [0.2, 0.25) is 10.0 Å². The summed E-state index contributed by atoms with van der Waals surface area (Å²) in [5.74, 6) is -2.24. The number of ether oxygens (including phenoxy) is 2. The van der Waals surface area contributed by atoms with Crippen LogP contribution in [0, 0.1) is 17.6 Å². The molecule has 4 atom stereocenters. The van der Waals surface area contributed by atoms with E-state index in [0.29, 0.717) is 37.2 Å². The van der Waals surface area contributed by atoms with Crippen molar-refractivity contribution in [2.45, 2.75) is 94.4 Å². The molecule has 0 spiro atoms. The summed E-state index contributed by atoms with van der Waals surface area (Å²) in [4.78, 5) is 31.6. The standard InChI is InChI=1S/C39H49F2N5O7S/c1-26(47)24-46(38(49)53-39(2,3)4)25-31(44-54(50,51)32-10-6-5-7-11-32)17-18-33-29(9-8-12-34(33)41)23-35(48)37(43-45-42)36(28-19-21-52-22-20-28)27-13-15-30(40)16-14-27/h5-16,26,28,31,36-37,44,47H,17-25H2,1-4H3/t26-,31+,36+,37-/m1/s1. The van der Waals surface area contributed by atoms with E-state index < -0.39 is 63.2 Å². The molecular formula is C39H49F2N5O7S. The number of ketones is 1. The molecular weight excluding hydrogens is 721 g/mol. The maximum Gasteiger partial charge on any atom is 0.410 e. The minimum absolute atomic E-state index is 0.0177. The zero-order valence-corrected chi connectivity index (χ0v) is 31.8. The number of sulfonamides is 1. The molecule has 12 nitrogen and oxygen atoms in total. The van der Waals surface area contributed by atoms with Gasteiger partial charge in [-0.2, -0.15) is 0 Å². The molecule has 54 heavy (non-hydrogen) atoms. The molecule has 3 aromatic rings. The molecule has 0 aliphatic carbocycles. The normalized spacial score (nSPS) is 16.1. The lowest BCUT2D eigenvalue weighted by Crippen LogP contribution is -2.49. The van der Waals surface area contributed by atoms with E-state index in [9.17, 15) is 33.0 Å². The van der Waals surface area contributed by atoms with Gasteiger partial charge in [0.25, 0.3) is 0 Å². The summed E-state index contributed by atoms with van der Waals surface area (Å²) in [5, 5.41) is 14.2. The smallest absolute Gasteiger partial charge is 0.410 e. The van der Waals surface area contributed by atoms with Crippen LogP contribution in [0.3, 0.4) is 0 Å². The van der Waals surface area contributed by atoms with Crippen molar-refractivity contribution in [2.24, 2.45) is 11.0 Å². The van der Waals surface area contributed by atoms with Gasteiger partial charge in [-0.05, 0) is 112 Å². The molecule has 0 radical (unpaired) electrons. The van der Waals surface area contributed by atoms with Gasteiger partial charge in [0.1, 0.15) is 29.1 Å². The van der Waals surface area contributed by atoms with Crippen LogP contribution in [0.5, 0.6) is 0 Å². The number of benzene rings is 3. The molecule has 0 aromatic heterocycles. The van der Waals surface area contributed by atoms with E-state index in [-0.39, 0.29) is 48.7 Å². The number of amides is 1. The molecule has 15 heteroatoms. The quantitative estimate of drug-likeness (QED) is 0.0858. The zero-order valence-electron chi connectivity index (χ0n) is 31.0. The van der Waals surface area contributed by atoms with Crippen LogP contribution in [-0.2, 0) is 37.1 Å². The fourth-order valence-electron chi connectivity index (χ4n) is 6.73. The molecule has 2 N–H and O–H groups in total. The van der Waals surface area contributed by atoms with Crippen LogP contribution in [0.1, 0.15) is 69.6 Å². The Labute approximate surface area is 315 Å². The van der Waals surface area contributed by atoms with Crippen LogP contribution in [0.15, 0.2) is 82.8 Å². The highest BCUT2D eigenvalue weighted by molar-refractivity contribution is 7.89. The Balaban J connectivity index is 1.65. The largest absolute Gasteiger partial charge is 0.444 e. The molecule has 0 bridgehead atoms. The third kappa shape index (κ3) is 12.3. The molecule has 1 fully saturated rings. The van der Waals surface area contributed by atoms with Crippen molar-refractivity contribution in [3.05, 3.63) is 112 Å². The van der Waals surface area contributed by atoms with Gasteiger partial charge in [-0.3, -0.25) is 4.79 Å². The number of halogens is 2. The number of hydrogen-bond acceptors (Lipinski definition) is 8. The molecule has 1 aliphatic heterocycles. The number of rotatable bonds is 17.